The highest BCUT2D eigenvalue weighted by atomic mass is 32.1. The van der Waals surface area contributed by atoms with Crippen LogP contribution in [0.1, 0.15) is 23.2 Å². The van der Waals surface area contributed by atoms with Crippen LogP contribution in [0.5, 0.6) is 5.19 Å². The number of nitrogens with zero attached hydrogens (tertiary/aromatic N) is 2. The molecule has 2 heterocycles. The minimum absolute atomic E-state index is 0.000551. The Hall–Kier alpha value is -3.32. The van der Waals surface area contributed by atoms with Gasteiger partial charge in [0, 0.05) is 37.6 Å². The average molecular weight is 451 g/mol. The number of halogens is 2. The fourth-order valence-electron chi connectivity index (χ4n) is 3.93. The molecule has 162 valence electrons. The van der Waals surface area contributed by atoms with Crippen molar-refractivity contribution in [2.24, 2.45) is 0 Å². The van der Waals surface area contributed by atoms with Gasteiger partial charge < -0.3 is 9.64 Å². The molecule has 0 radical (unpaired) electrons. The number of ether oxygens (including phenoxy) is 1. The number of hydrogen-bond acceptors (Lipinski definition) is 4. The molecule has 4 aromatic rings. The van der Waals surface area contributed by atoms with Crippen molar-refractivity contribution in [3.63, 3.8) is 0 Å². The first kappa shape index (κ1) is 20.6. The molecule has 1 saturated heterocycles. The smallest absolute Gasteiger partial charge is 0.274 e. The number of carbonyl (C=O) groups excluding carboxylic acids is 1. The van der Waals surface area contributed by atoms with Crippen molar-refractivity contribution in [1.82, 2.24) is 9.88 Å². The molecule has 1 fully saturated rings. The third-order valence-corrected chi connectivity index (χ3v) is 6.52. The summed E-state index contributed by atoms with van der Waals surface area (Å²) in [5.41, 5.74) is 2.97. The molecule has 4 nitrogen and oxygen atoms in total. The Morgan fingerprint density at radius 3 is 2.38 bits per heavy atom. The largest absolute Gasteiger partial charge is 0.467 e. The Morgan fingerprint density at radius 2 is 1.66 bits per heavy atom. The highest BCUT2D eigenvalue weighted by Crippen LogP contribution is 2.32. The number of fused-ring (bicyclic) bond motifs is 1. The van der Waals surface area contributed by atoms with Crippen molar-refractivity contribution in [3.8, 4) is 16.3 Å². The van der Waals surface area contributed by atoms with Crippen LogP contribution in [0.4, 0.5) is 8.78 Å². The standard InChI is InChI=1S/C25H20F2N2O2S/c26-19-14-21(27)23-22(15-19)32-25(28-23)31-20-10-12-29(13-11-20)24(30)18-8-6-17(7-9-18)16-4-2-1-3-5-16/h1-9,14-15,20H,10-13H2. The van der Waals surface area contributed by atoms with Crippen molar-refractivity contribution < 1.29 is 18.3 Å². The summed E-state index contributed by atoms with van der Waals surface area (Å²) in [6.07, 6.45) is 1.19. The zero-order valence-corrected chi connectivity index (χ0v) is 17.9. The molecule has 1 aliphatic rings. The molecule has 1 aliphatic heterocycles. The van der Waals surface area contributed by atoms with Crippen LogP contribution in [0.15, 0.2) is 66.7 Å². The van der Waals surface area contributed by atoms with Gasteiger partial charge in [-0.1, -0.05) is 53.8 Å². The molecule has 5 rings (SSSR count). The van der Waals surface area contributed by atoms with Crippen molar-refractivity contribution in [2.45, 2.75) is 18.9 Å². The van der Waals surface area contributed by atoms with E-state index in [4.69, 9.17) is 4.74 Å². The number of rotatable bonds is 4. The van der Waals surface area contributed by atoms with Crippen LogP contribution < -0.4 is 4.74 Å². The molecule has 32 heavy (non-hydrogen) atoms. The Kier molecular flexibility index (Phi) is 5.57. The zero-order valence-electron chi connectivity index (χ0n) is 17.1. The lowest BCUT2D eigenvalue weighted by Crippen LogP contribution is -2.41. The Labute approximate surface area is 188 Å². The first-order valence-corrected chi connectivity index (χ1v) is 11.3. The molecule has 3 aromatic carbocycles. The fraction of sp³-hybridized carbons (Fsp3) is 0.200. The molecule has 0 bridgehead atoms. The predicted octanol–water partition coefficient (Wildman–Crippen LogP) is 5.93. The third kappa shape index (κ3) is 4.21. The van der Waals surface area contributed by atoms with E-state index in [9.17, 15) is 13.6 Å². The van der Waals surface area contributed by atoms with Crippen LogP contribution in [-0.4, -0.2) is 35.0 Å². The van der Waals surface area contributed by atoms with Crippen LogP contribution in [-0.2, 0) is 0 Å². The van der Waals surface area contributed by atoms with Gasteiger partial charge in [0.2, 0.25) is 0 Å². The van der Waals surface area contributed by atoms with E-state index in [1.54, 1.807) is 0 Å². The number of thiazole rings is 1. The molecule has 1 amide bonds. The van der Waals surface area contributed by atoms with E-state index in [1.807, 2.05) is 59.5 Å². The van der Waals surface area contributed by atoms with E-state index < -0.39 is 11.6 Å². The van der Waals surface area contributed by atoms with Gasteiger partial charge in [-0.25, -0.2) is 8.78 Å². The molecule has 0 saturated carbocycles. The van der Waals surface area contributed by atoms with Gasteiger partial charge in [-0.05, 0) is 29.3 Å². The van der Waals surface area contributed by atoms with Gasteiger partial charge in [-0.15, -0.1) is 0 Å². The minimum Gasteiger partial charge on any atom is -0.467 e. The van der Waals surface area contributed by atoms with E-state index in [2.05, 4.69) is 4.98 Å². The monoisotopic (exact) mass is 450 g/mol. The van der Waals surface area contributed by atoms with Gasteiger partial charge in [-0.2, -0.15) is 4.98 Å². The molecule has 0 aliphatic carbocycles. The van der Waals surface area contributed by atoms with E-state index in [0.29, 0.717) is 41.4 Å². The number of benzene rings is 3. The van der Waals surface area contributed by atoms with Crippen LogP contribution in [0.25, 0.3) is 21.3 Å². The molecule has 1 aromatic heterocycles. The summed E-state index contributed by atoms with van der Waals surface area (Å²) in [5, 5.41) is 0.325. The molecular formula is C25H20F2N2O2S. The van der Waals surface area contributed by atoms with Crippen molar-refractivity contribution in [3.05, 3.63) is 83.9 Å². The normalized spacial score (nSPS) is 14.6. The summed E-state index contributed by atoms with van der Waals surface area (Å²) in [6, 6.07) is 19.8. The topological polar surface area (TPSA) is 42.4 Å². The number of aromatic nitrogens is 1. The number of piperidine rings is 1. The third-order valence-electron chi connectivity index (χ3n) is 5.63. The van der Waals surface area contributed by atoms with E-state index in [1.165, 1.54) is 6.07 Å². The second-order valence-electron chi connectivity index (χ2n) is 7.77. The molecule has 0 spiro atoms. The molecule has 0 atom stereocenters. The molecule has 7 heteroatoms. The number of amides is 1. The van der Waals surface area contributed by atoms with Crippen molar-refractivity contribution in [1.29, 1.82) is 0 Å². The second-order valence-corrected chi connectivity index (χ2v) is 8.76. The maximum atomic E-state index is 13.9. The minimum atomic E-state index is -0.690. The van der Waals surface area contributed by atoms with Gasteiger partial charge in [0.05, 0.1) is 4.70 Å². The van der Waals surface area contributed by atoms with Gasteiger partial charge in [-0.3, -0.25) is 4.79 Å². The predicted molar refractivity (Wildman–Crippen MR) is 121 cm³/mol. The highest BCUT2D eigenvalue weighted by Gasteiger charge is 2.26. The lowest BCUT2D eigenvalue weighted by molar-refractivity contribution is 0.0595. The van der Waals surface area contributed by atoms with E-state index in [0.717, 1.165) is 28.5 Å². The van der Waals surface area contributed by atoms with Crippen LogP contribution in [0.3, 0.4) is 0 Å². The number of likely N-dealkylation sites (tertiary alicyclic amines) is 1. The summed E-state index contributed by atoms with van der Waals surface area (Å²) >= 11 is 1.13. The first-order chi connectivity index (χ1) is 15.6. The lowest BCUT2D eigenvalue weighted by atomic mass is 10.0. The highest BCUT2D eigenvalue weighted by molar-refractivity contribution is 7.20. The molecule has 0 N–H and O–H groups in total. The quantitative estimate of drug-likeness (QED) is 0.387. The Balaban J connectivity index is 1.20. The van der Waals surface area contributed by atoms with Gasteiger partial charge in [0.25, 0.3) is 11.1 Å². The van der Waals surface area contributed by atoms with Gasteiger partial charge in [0.1, 0.15) is 17.4 Å². The average Bonchev–Trinajstić information content (AvgIpc) is 3.22. The van der Waals surface area contributed by atoms with Crippen molar-refractivity contribution >= 4 is 27.5 Å². The first-order valence-electron chi connectivity index (χ1n) is 10.4. The lowest BCUT2D eigenvalue weighted by Gasteiger charge is -2.31. The summed E-state index contributed by atoms with van der Waals surface area (Å²) in [4.78, 5) is 18.9. The SMILES string of the molecule is O=C(c1ccc(-c2ccccc2)cc1)N1CCC(Oc2nc3c(F)cc(F)cc3s2)CC1. The fourth-order valence-corrected chi connectivity index (χ4v) is 4.85. The Morgan fingerprint density at radius 1 is 0.969 bits per heavy atom. The summed E-state index contributed by atoms with van der Waals surface area (Å²) in [7, 11) is 0. The molecule has 0 unspecified atom stereocenters. The van der Waals surface area contributed by atoms with Crippen molar-refractivity contribution in [2.75, 3.05) is 13.1 Å². The number of carbonyl (C=O) groups is 1. The van der Waals surface area contributed by atoms with E-state index >= 15 is 0 Å². The van der Waals surface area contributed by atoms with Crippen LogP contribution in [0.2, 0.25) is 0 Å². The summed E-state index contributed by atoms with van der Waals surface area (Å²) < 4.78 is 33.6. The maximum absolute atomic E-state index is 13.9. The van der Waals surface area contributed by atoms with Gasteiger partial charge in [0.15, 0.2) is 5.82 Å². The Bertz CT molecular complexity index is 1250. The summed E-state index contributed by atoms with van der Waals surface area (Å²) in [5.74, 6) is -1.32. The van der Waals surface area contributed by atoms with Gasteiger partial charge >= 0.3 is 0 Å². The van der Waals surface area contributed by atoms with Crippen LogP contribution in [0, 0.1) is 11.6 Å². The zero-order chi connectivity index (χ0) is 22.1. The van der Waals surface area contributed by atoms with Crippen LogP contribution >= 0.6 is 11.3 Å². The summed E-state index contributed by atoms with van der Waals surface area (Å²) in [6.45, 7) is 1.13. The maximum Gasteiger partial charge on any atom is 0.274 e. The second kappa shape index (κ2) is 8.67. The number of hydrogen-bond donors (Lipinski definition) is 0. The molecular weight excluding hydrogens is 430 g/mol. The van der Waals surface area contributed by atoms with E-state index in [-0.39, 0.29) is 17.5 Å².